The minimum Gasteiger partial charge on any atom is -0.508 e. The molecule has 3 aromatic carbocycles. The molecule has 0 aromatic heterocycles. The summed E-state index contributed by atoms with van der Waals surface area (Å²) in [6, 6.07) is 18.1. The lowest BCUT2D eigenvalue weighted by Crippen LogP contribution is -2.33. The number of phenols is 1. The molecule has 0 saturated carbocycles. The topological polar surface area (TPSA) is 44.6 Å². The lowest BCUT2D eigenvalue weighted by molar-refractivity contribution is 0.412. The van der Waals surface area contributed by atoms with Crippen LogP contribution >= 0.6 is 27.5 Å². The van der Waals surface area contributed by atoms with Gasteiger partial charge in [-0.15, -0.1) is 0 Å². The average Bonchev–Trinajstić information content (AvgIpc) is 2.77. The van der Waals surface area contributed by atoms with Crippen LogP contribution in [0.1, 0.15) is 47.8 Å². The van der Waals surface area contributed by atoms with Gasteiger partial charge in [0.25, 0.3) is 0 Å². The maximum Gasteiger partial charge on any atom is 0.137 e. The molecule has 6 heteroatoms. The normalized spacial score (nSPS) is 18.9. The standard InChI is InChI=1S/C24H21BrClFN2O/c1-2-14-3-5-15(6-4-14)21-13-22(18-12-17(26)8-10-23(18)30)29-24(28-21)16-7-9-20(27)19(25)11-16/h3-12,22,24,29-30H,2,13H2,1H3/t22-,24+/m1/s1. The van der Waals surface area contributed by atoms with E-state index in [0.717, 1.165) is 23.3 Å². The number of aromatic hydroxyl groups is 1. The van der Waals surface area contributed by atoms with Crippen LogP contribution in [-0.4, -0.2) is 10.8 Å². The van der Waals surface area contributed by atoms with Crippen LogP contribution < -0.4 is 5.32 Å². The molecular formula is C24H21BrClFN2O. The molecule has 0 amide bonds. The molecule has 0 spiro atoms. The molecule has 154 valence electrons. The molecule has 0 radical (unpaired) electrons. The fourth-order valence-electron chi connectivity index (χ4n) is 3.67. The van der Waals surface area contributed by atoms with Crippen molar-refractivity contribution in [3.05, 3.63) is 98.2 Å². The first-order valence-electron chi connectivity index (χ1n) is 9.80. The van der Waals surface area contributed by atoms with Gasteiger partial charge in [-0.1, -0.05) is 48.9 Å². The minimum atomic E-state index is -0.389. The van der Waals surface area contributed by atoms with Crippen molar-refractivity contribution in [2.24, 2.45) is 4.99 Å². The SMILES string of the molecule is CCc1ccc(C2=N[C@H](c3ccc(F)c(Br)c3)N[C@@H](c3cc(Cl)ccc3O)C2)cc1. The van der Waals surface area contributed by atoms with Gasteiger partial charge < -0.3 is 5.11 Å². The molecule has 2 N–H and O–H groups in total. The second kappa shape index (κ2) is 8.88. The van der Waals surface area contributed by atoms with E-state index in [4.69, 9.17) is 16.6 Å². The van der Waals surface area contributed by atoms with E-state index in [9.17, 15) is 9.50 Å². The Labute approximate surface area is 188 Å². The summed E-state index contributed by atoms with van der Waals surface area (Å²) in [6.07, 6.45) is 1.18. The highest BCUT2D eigenvalue weighted by molar-refractivity contribution is 9.10. The van der Waals surface area contributed by atoms with Crippen molar-refractivity contribution in [1.29, 1.82) is 0 Å². The molecule has 0 bridgehead atoms. The van der Waals surface area contributed by atoms with E-state index < -0.39 is 0 Å². The van der Waals surface area contributed by atoms with Crippen molar-refractivity contribution in [2.75, 3.05) is 0 Å². The van der Waals surface area contributed by atoms with Crippen molar-refractivity contribution in [2.45, 2.75) is 32.0 Å². The number of hydrogen-bond donors (Lipinski definition) is 2. The van der Waals surface area contributed by atoms with Crippen molar-refractivity contribution in [3.8, 4) is 5.75 Å². The van der Waals surface area contributed by atoms with Gasteiger partial charge >= 0.3 is 0 Å². The Morgan fingerprint density at radius 1 is 1.13 bits per heavy atom. The Morgan fingerprint density at radius 3 is 2.60 bits per heavy atom. The summed E-state index contributed by atoms with van der Waals surface area (Å²) >= 11 is 9.46. The zero-order valence-electron chi connectivity index (χ0n) is 16.4. The molecule has 1 heterocycles. The molecular weight excluding hydrogens is 467 g/mol. The predicted molar refractivity (Wildman–Crippen MR) is 123 cm³/mol. The monoisotopic (exact) mass is 486 g/mol. The molecule has 0 aliphatic carbocycles. The van der Waals surface area contributed by atoms with Gasteiger partial charge in [0.1, 0.15) is 17.7 Å². The van der Waals surface area contributed by atoms with E-state index in [1.54, 1.807) is 30.3 Å². The number of halogens is 3. The third-order valence-corrected chi connectivity index (χ3v) is 6.20. The summed E-state index contributed by atoms with van der Waals surface area (Å²) in [6.45, 7) is 2.12. The Morgan fingerprint density at radius 2 is 1.90 bits per heavy atom. The average molecular weight is 488 g/mol. The number of aliphatic imine (C=N–C) groups is 1. The Hall–Kier alpha value is -2.21. The summed E-state index contributed by atoms with van der Waals surface area (Å²) in [5.74, 6) is -0.142. The van der Waals surface area contributed by atoms with Crippen molar-refractivity contribution >= 4 is 33.2 Å². The van der Waals surface area contributed by atoms with E-state index >= 15 is 0 Å². The van der Waals surface area contributed by atoms with Crippen LogP contribution in [0.5, 0.6) is 5.75 Å². The second-order valence-electron chi connectivity index (χ2n) is 7.33. The molecule has 1 aliphatic heterocycles. The summed E-state index contributed by atoms with van der Waals surface area (Å²) in [5, 5.41) is 14.5. The lowest BCUT2D eigenvalue weighted by atomic mass is 9.93. The van der Waals surface area contributed by atoms with Crippen LogP contribution in [-0.2, 0) is 6.42 Å². The third kappa shape index (κ3) is 4.43. The van der Waals surface area contributed by atoms with E-state index in [-0.39, 0.29) is 23.8 Å². The quantitative estimate of drug-likeness (QED) is 0.428. The summed E-state index contributed by atoms with van der Waals surface area (Å²) in [4.78, 5) is 4.92. The molecule has 2 atom stereocenters. The number of phenolic OH excluding ortho intramolecular Hbond substituents is 1. The minimum absolute atomic E-state index is 0.179. The van der Waals surface area contributed by atoms with E-state index in [2.05, 4.69) is 52.4 Å². The van der Waals surface area contributed by atoms with E-state index in [0.29, 0.717) is 21.5 Å². The van der Waals surface area contributed by atoms with Gasteiger partial charge in [-0.3, -0.25) is 10.3 Å². The highest BCUT2D eigenvalue weighted by Gasteiger charge is 2.28. The number of nitrogens with zero attached hydrogens (tertiary/aromatic N) is 1. The van der Waals surface area contributed by atoms with Gasteiger partial charge in [0.15, 0.2) is 0 Å². The van der Waals surface area contributed by atoms with Gasteiger partial charge in [-0.25, -0.2) is 4.39 Å². The van der Waals surface area contributed by atoms with E-state index in [1.807, 2.05) is 0 Å². The zero-order valence-corrected chi connectivity index (χ0v) is 18.7. The van der Waals surface area contributed by atoms with Crippen LogP contribution in [0.3, 0.4) is 0 Å². The fourth-order valence-corrected chi connectivity index (χ4v) is 4.25. The first-order valence-corrected chi connectivity index (χ1v) is 11.0. The summed E-state index contributed by atoms with van der Waals surface area (Å²) in [7, 11) is 0. The highest BCUT2D eigenvalue weighted by Crippen LogP contribution is 2.36. The van der Waals surface area contributed by atoms with Crippen molar-refractivity contribution in [3.63, 3.8) is 0 Å². The Kier molecular flexibility index (Phi) is 6.23. The summed E-state index contributed by atoms with van der Waals surface area (Å²) < 4.78 is 14.2. The number of rotatable bonds is 4. The molecule has 0 fully saturated rings. The number of hydrogen-bond acceptors (Lipinski definition) is 3. The first kappa shape index (κ1) is 21.0. The van der Waals surface area contributed by atoms with Crippen molar-refractivity contribution < 1.29 is 9.50 Å². The molecule has 3 nitrogen and oxygen atoms in total. The van der Waals surface area contributed by atoms with Gasteiger partial charge in [-0.05, 0) is 69.4 Å². The molecule has 3 aromatic rings. The second-order valence-corrected chi connectivity index (χ2v) is 8.62. The summed E-state index contributed by atoms with van der Waals surface area (Å²) in [5.41, 5.74) is 4.76. The maximum absolute atomic E-state index is 13.8. The van der Waals surface area contributed by atoms with Gasteiger partial charge in [-0.2, -0.15) is 0 Å². The third-order valence-electron chi connectivity index (χ3n) is 5.36. The molecule has 4 rings (SSSR count). The number of nitrogens with one attached hydrogen (secondary N) is 1. The number of aryl methyl sites for hydroxylation is 1. The van der Waals surface area contributed by atoms with Gasteiger partial charge in [0.05, 0.1) is 4.47 Å². The van der Waals surface area contributed by atoms with Gasteiger partial charge in [0.2, 0.25) is 0 Å². The largest absolute Gasteiger partial charge is 0.508 e. The molecule has 30 heavy (non-hydrogen) atoms. The van der Waals surface area contributed by atoms with Crippen LogP contribution in [0.15, 0.2) is 70.1 Å². The predicted octanol–water partition coefficient (Wildman–Crippen LogP) is 6.73. The first-order chi connectivity index (χ1) is 14.4. The lowest BCUT2D eigenvalue weighted by Gasteiger charge is -2.31. The molecule has 1 aliphatic rings. The molecule has 0 saturated heterocycles. The van der Waals surface area contributed by atoms with Crippen LogP contribution in [0.4, 0.5) is 4.39 Å². The fraction of sp³-hybridized carbons (Fsp3) is 0.208. The smallest absolute Gasteiger partial charge is 0.137 e. The zero-order chi connectivity index (χ0) is 21.3. The van der Waals surface area contributed by atoms with Crippen LogP contribution in [0.25, 0.3) is 0 Å². The Balaban J connectivity index is 1.77. The van der Waals surface area contributed by atoms with E-state index in [1.165, 1.54) is 11.6 Å². The van der Waals surface area contributed by atoms with Gasteiger partial charge in [0, 0.05) is 28.8 Å². The Bertz CT molecular complexity index is 1100. The number of benzene rings is 3. The molecule has 0 unspecified atom stereocenters. The maximum atomic E-state index is 13.8. The highest BCUT2D eigenvalue weighted by atomic mass is 79.9. The van der Waals surface area contributed by atoms with Crippen LogP contribution in [0.2, 0.25) is 5.02 Å². The van der Waals surface area contributed by atoms with Crippen LogP contribution in [0, 0.1) is 5.82 Å². The van der Waals surface area contributed by atoms with Crippen molar-refractivity contribution in [1.82, 2.24) is 5.32 Å².